The SMILES string of the molecule is C=CCOc1cc(Cl)c(C)cc1[C@H](N[S+]([O-])C(C)(C)C)C1CCN(C(=O)[C@H]2COC(C)(C)O2)CC1. The fraction of sp³-hybridized carbons (Fsp3) is 0.654. The Hall–Kier alpha value is -1.29. The first-order chi connectivity index (χ1) is 16.3. The molecule has 2 saturated heterocycles. The van der Waals surface area contributed by atoms with Crippen LogP contribution in [0.2, 0.25) is 5.02 Å². The second kappa shape index (κ2) is 11.4. The molecule has 1 aromatic carbocycles. The molecular formula is C26H39ClN2O5S. The summed E-state index contributed by atoms with van der Waals surface area (Å²) in [5.74, 6) is 0.0309. The number of nitrogens with one attached hydrogen (secondary N) is 1. The molecule has 0 aliphatic carbocycles. The van der Waals surface area contributed by atoms with E-state index in [9.17, 15) is 9.35 Å². The van der Waals surface area contributed by atoms with Crippen LogP contribution in [0.3, 0.4) is 0 Å². The van der Waals surface area contributed by atoms with Crippen LogP contribution in [0.5, 0.6) is 5.75 Å². The van der Waals surface area contributed by atoms with Crippen LogP contribution in [0.25, 0.3) is 0 Å². The Morgan fingerprint density at radius 2 is 2.06 bits per heavy atom. The summed E-state index contributed by atoms with van der Waals surface area (Å²) in [7, 11) is 0. The predicted octanol–water partition coefficient (Wildman–Crippen LogP) is 4.70. The van der Waals surface area contributed by atoms with E-state index in [0.29, 0.717) is 30.5 Å². The number of likely N-dealkylation sites (tertiary alicyclic amines) is 1. The summed E-state index contributed by atoms with van der Waals surface area (Å²) >= 11 is 5.12. The molecule has 2 aliphatic rings. The molecule has 0 saturated carbocycles. The summed E-state index contributed by atoms with van der Waals surface area (Å²) in [6.07, 6.45) is 2.63. The molecule has 1 amide bonds. The summed E-state index contributed by atoms with van der Waals surface area (Å²) in [5.41, 5.74) is 1.85. The molecule has 1 aromatic rings. The maximum atomic E-state index is 13.2. The standard InChI is InChI=1S/C26H39ClN2O5S/c1-8-13-32-21-15-20(27)17(2)14-19(21)23(28-35(31)25(3,4)5)18-9-11-29(12-10-18)24(30)22-16-33-26(6,7)34-22/h8,14-15,18,22-23,28H,1,9-13,16H2,2-7H3/t22-,23-,35?/m1/s1. The van der Waals surface area contributed by atoms with Gasteiger partial charge in [0, 0.05) is 35.0 Å². The van der Waals surface area contributed by atoms with Gasteiger partial charge in [0.25, 0.3) is 5.91 Å². The number of nitrogens with zero attached hydrogens (tertiary/aromatic N) is 1. The zero-order chi connectivity index (χ0) is 26.0. The molecule has 1 unspecified atom stereocenters. The van der Waals surface area contributed by atoms with Crippen LogP contribution in [0.15, 0.2) is 24.8 Å². The van der Waals surface area contributed by atoms with Crippen LogP contribution >= 0.6 is 11.6 Å². The molecule has 0 radical (unpaired) electrons. The summed E-state index contributed by atoms with van der Waals surface area (Å²) < 4.78 is 33.5. The van der Waals surface area contributed by atoms with E-state index in [2.05, 4.69) is 11.3 Å². The van der Waals surface area contributed by atoms with Gasteiger partial charge in [0.15, 0.2) is 11.9 Å². The quantitative estimate of drug-likeness (QED) is 0.390. The minimum Gasteiger partial charge on any atom is -0.598 e. The van der Waals surface area contributed by atoms with Crippen molar-refractivity contribution in [1.29, 1.82) is 0 Å². The van der Waals surface area contributed by atoms with Crippen molar-refractivity contribution >= 4 is 28.9 Å². The van der Waals surface area contributed by atoms with Crippen molar-refractivity contribution in [3.63, 3.8) is 0 Å². The average molecular weight is 527 g/mol. The number of piperidine rings is 1. The Morgan fingerprint density at radius 1 is 1.40 bits per heavy atom. The Kier molecular flexibility index (Phi) is 9.21. The zero-order valence-corrected chi connectivity index (χ0v) is 23.3. The molecule has 7 nitrogen and oxygen atoms in total. The van der Waals surface area contributed by atoms with Gasteiger partial charge in [-0.3, -0.25) is 4.79 Å². The number of halogens is 1. The number of rotatable bonds is 8. The number of hydrogen-bond donors (Lipinski definition) is 1. The second-order valence-electron chi connectivity index (χ2n) is 10.7. The monoisotopic (exact) mass is 526 g/mol. The lowest BCUT2D eigenvalue weighted by Crippen LogP contribution is -2.48. The second-order valence-corrected chi connectivity index (χ2v) is 13.1. The predicted molar refractivity (Wildman–Crippen MR) is 140 cm³/mol. The third kappa shape index (κ3) is 7.14. The minimum atomic E-state index is -1.30. The zero-order valence-electron chi connectivity index (χ0n) is 21.7. The molecule has 9 heteroatoms. The van der Waals surface area contributed by atoms with Crippen molar-refractivity contribution in [2.45, 2.75) is 77.1 Å². The van der Waals surface area contributed by atoms with Crippen LogP contribution < -0.4 is 9.46 Å². The maximum Gasteiger partial charge on any atom is 0.254 e. The summed E-state index contributed by atoms with van der Waals surface area (Å²) in [6.45, 7) is 17.0. The van der Waals surface area contributed by atoms with Crippen molar-refractivity contribution in [1.82, 2.24) is 9.62 Å². The molecule has 3 atom stereocenters. The van der Waals surface area contributed by atoms with Crippen LogP contribution in [-0.4, -0.2) is 58.3 Å². The smallest absolute Gasteiger partial charge is 0.254 e. The van der Waals surface area contributed by atoms with Gasteiger partial charge in [0.1, 0.15) is 17.1 Å². The van der Waals surface area contributed by atoms with Gasteiger partial charge in [-0.15, -0.1) is 4.72 Å². The van der Waals surface area contributed by atoms with Crippen LogP contribution in [0.4, 0.5) is 0 Å². The van der Waals surface area contributed by atoms with Crippen molar-refractivity contribution < 1.29 is 23.6 Å². The highest BCUT2D eigenvalue weighted by molar-refractivity contribution is 7.90. The summed E-state index contributed by atoms with van der Waals surface area (Å²) in [5, 5.41) is 0.616. The fourth-order valence-corrected chi connectivity index (χ4v) is 5.43. The van der Waals surface area contributed by atoms with Crippen molar-refractivity contribution in [3.05, 3.63) is 40.9 Å². The fourth-order valence-electron chi connectivity index (χ4n) is 4.37. The molecule has 2 aliphatic heterocycles. The van der Waals surface area contributed by atoms with Crippen LogP contribution in [0, 0.1) is 12.8 Å². The molecule has 0 bridgehead atoms. The molecule has 0 aromatic heterocycles. The van der Waals surface area contributed by atoms with E-state index in [0.717, 1.165) is 24.0 Å². The van der Waals surface area contributed by atoms with E-state index >= 15 is 0 Å². The van der Waals surface area contributed by atoms with Crippen molar-refractivity contribution in [3.8, 4) is 5.75 Å². The third-order valence-corrected chi connectivity index (χ3v) is 8.37. The molecule has 1 N–H and O–H groups in total. The van der Waals surface area contributed by atoms with Gasteiger partial charge in [0.2, 0.25) is 0 Å². The maximum absolute atomic E-state index is 13.2. The van der Waals surface area contributed by atoms with Gasteiger partial charge in [-0.2, -0.15) is 0 Å². The Balaban J connectivity index is 1.82. The number of benzene rings is 1. The van der Waals surface area contributed by atoms with Gasteiger partial charge >= 0.3 is 0 Å². The van der Waals surface area contributed by atoms with E-state index in [-0.39, 0.29) is 24.5 Å². The molecule has 0 spiro atoms. The highest BCUT2D eigenvalue weighted by Gasteiger charge is 2.41. The van der Waals surface area contributed by atoms with Crippen LogP contribution in [-0.2, 0) is 25.6 Å². The van der Waals surface area contributed by atoms with E-state index in [4.69, 9.17) is 25.8 Å². The Labute approximate surface area is 217 Å². The van der Waals surface area contributed by atoms with Crippen LogP contribution in [0.1, 0.15) is 64.6 Å². The molecule has 2 heterocycles. The van der Waals surface area contributed by atoms with Crippen molar-refractivity contribution in [2.75, 3.05) is 26.3 Å². The number of aryl methyl sites for hydroxylation is 1. The van der Waals surface area contributed by atoms with E-state index in [1.165, 1.54) is 0 Å². The van der Waals surface area contributed by atoms with Crippen molar-refractivity contribution in [2.24, 2.45) is 5.92 Å². The molecule has 196 valence electrons. The third-order valence-electron chi connectivity index (χ3n) is 6.38. The number of amides is 1. The summed E-state index contributed by atoms with van der Waals surface area (Å²) in [6, 6.07) is 3.61. The first-order valence-electron chi connectivity index (χ1n) is 12.1. The lowest BCUT2D eigenvalue weighted by atomic mass is 9.85. The number of hydrogen-bond acceptors (Lipinski definition) is 6. The highest BCUT2D eigenvalue weighted by Crippen LogP contribution is 2.40. The number of carbonyl (C=O) groups is 1. The topological polar surface area (TPSA) is 83.1 Å². The van der Waals surface area contributed by atoms with Gasteiger partial charge in [0.05, 0.1) is 12.6 Å². The first-order valence-corrected chi connectivity index (χ1v) is 13.7. The first kappa shape index (κ1) is 28.3. The number of ether oxygens (including phenoxy) is 3. The molecular weight excluding hydrogens is 488 g/mol. The average Bonchev–Trinajstić information content (AvgIpc) is 3.16. The lowest BCUT2D eigenvalue weighted by molar-refractivity contribution is -0.161. The van der Waals surface area contributed by atoms with Gasteiger partial charge in [-0.1, -0.05) is 24.3 Å². The normalized spacial score (nSPS) is 22.6. The van der Waals surface area contributed by atoms with E-state index < -0.39 is 28.0 Å². The van der Waals surface area contributed by atoms with E-state index in [1.807, 2.05) is 58.6 Å². The van der Waals surface area contributed by atoms with E-state index in [1.54, 1.807) is 6.08 Å². The van der Waals surface area contributed by atoms with Gasteiger partial charge in [-0.05, 0) is 78.0 Å². The van der Waals surface area contributed by atoms with Gasteiger partial charge < -0.3 is 23.7 Å². The molecule has 2 fully saturated rings. The molecule has 3 rings (SSSR count). The lowest BCUT2D eigenvalue weighted by Gasteiger charge is -2.38. The number of carbonyl (C=O) groups excluding carboxylic acids is 1. The Bertz CT molecular complexity index is 912. The van der Waals surface area contributed by atoms with Gasteiger partial charge in [-0.25, -0.2) is 0 Å². The highest BCUT2D eigenvalue weighted by atomic mass is 35.5. The molecule has 35 heavy (non-hydrogen) atoms. The summed E-state index contributed by atoms with van der Waals surface area (Å²) in [4.78, 5) is 14.9. The minimum absolute atomic E-state index is 0.0332. The largest absolute Gasteiger partial charge is 0.598 e. The Morgan fingerprint density at radius 3 is 2.60 bits per heavy atom.